The van der Waals surface area contributed by atoms with E-state index in [9.17, 15) is 4.79 Å². The van der Waals surface area contributed by atoms with Gasteiger partial charge in [-0.15, -0.1) is 5.10 Å². The summed E-state index contributed by atoms with van der Waals surface area (Å²) >= 11 is 6.07. The quantitative estimate of drug-likeness (QED) is 0.666. The van der Waals surface area contributed by atoms with Gasteiger partial charge in [0.05, 0.1) is 16.2 Å². The maximum atomic E-state index is 12.0. The zero-order valence-electron chi connectivity index (χ0n) is 10.1. The van der Waals surface area contributed by atoms with Gasteiger partial charge in [0.15, 0.2) is 0 Å². The van der Waals surface area contributed by atoms with Gasteiger partial charge < -0.3 is 11.1 Å². The summed E-state index contributed by atoms with van der Waals surface area (Å²) in [6, 6.07) is 6.95. The number of nitrogens with zero attached hydrogens (tertiary/aromatic N) is 3. The fraction of sp³-hybridized carbons (Fsp3) is 0. The summed E-state index contributed by atoms with van der Waals surface area (Å²) in [4.78, 5) is 20.0. The molecular formula is C12H9ClN6O. The molecule has 8 heteroatoms. The first-order chi connectivity index (χ1) is 9.65. The maximum Gasteiger partial charge on any atom is 0.293 e. The number of nitrogens with one attached hydrogen (secondary N) is 2. The van der Waals surface area contributed by atoms with E-state index in [1.165, 1.54) is 0 Å². The number of aromatic nitrogens is 4. The molecule has 4 N–H and O–H groups in total. The van der Waals surface area contributed by atoms with Crippen LogP contribution in [0.1, 0.15) is 10.6 Å². The number of pyridine rings is 1. The van der Waals surface area contributed by atoms with Gasteiger partial charge in [-0.05, 0) is 24.3 Å². The Morgan fingerprint density at radius 2 is 2.20 bits per heavy atom. The van der Waals surface area contributed by atoms with Crippen LogP contribution in [0.2, 0.25) is 5.02 Å². The lowest BCUT2D eigenvalue weighted by Crippen LogP contribution is -2.14. The minimum Gasteiger partial charge on any atom is -0.366 e. The number of H-pyrrole nitrogens is 1. The van der Waals surface area contributed by atoms with Crippen molar-refractivity contribution in [3.63, 3.8) is 0 Å². The molecule has 7 nitrogen and oxygen atoms in total. The lowest BCUT2D eigenvalue weighted by molar-refractivity contribution is 0.101. The number of rotatable bonds is 2. The second-order valence-electron chi connectivity index (χ2n) is 3.99. The van der Waals surface area contributed by atoms with Gasteiger partial charge in [-0.2, -0.15) is 4.98 Å². The second-order valence-corrected chi connectivity index (χ2v) is 4.40. The van der Waals surface area contributed by atoms with Crippen molar-refractivity contribution >= 4 is 40.0 Å². The molecule has 3 rings (SSSR count). The number of aromatic amines is 1. The zero-order chi connectivity index (χ0) is 14.1. The number of hydrogen-bond donors (Lipinski definition) is 3. The van der Waals surface area contributed by atoms with Crippen molar-refractivity contribution in [1.82, 2.24) is 20.2 Å². The van der Waals surface area contributed by atoms with E-state index in [-0.39, 0.29) is 11.8 Å². The lowest BCUT2D eigenvalue weighted by Gasteiger charge is -2.07. The maximum absolute atomic E-state index is 12.0. The number of carbonyl (C=O) groups is 1. The van der Waals surface area contributed by atoms with Crippen LogP contribution in [0.3, 0.4) is 0 Å². The Labute approximate surface area is 118 Å². The predicted octanol–water partition coefficient (Wildman–Crippen LogP) is 1.84. The van der Waals surface area contributed by atoms with Crippen LogP contribution in [0.15, 0.2) is 30.5 Å². The minimum absolute atomic E-state index is 0.0118. The third-order valence-corrected chi connectivity index (χ3v) is 2.99. The molecule has 1 aromatic carbocycles. The van der Waals surface area contributed by atoms with E-state index in [1.54, 1.807) is 24.4 Å². The molecule has 3 aromatic rings. The van der Waals surface area contributed by atoms with E-state index < -0.39 is 5.91 Å². The van der Waals surface area contributed by atoms with E-state index in [1.807, 2.05) is 6.07 Å². The molecule has 2 aromatic heterocycles. The van der Waals surface area contributed by atoms with Crippen LogP contribution in [-0.2, 0) is 0 Å². The molecule has 0 spiro atoms. The fourth-order valence-corrected chi connectivity index (χ4v) is 2.02. The van der Waals surface area contributed by atoms with E-state index in [0.29, 0.717) is 16.2 Å². The highest BCUT2D eigenvalue weighted by atomic mass is 35.5. The van der Waals surface area contributed by atoms with Crippen molar-refractivity contribution in [3.8, 4) is 0 Å². The average Bonchev–Trinajstić information content (AvgIpc) is 2.89. The third kappa shape index (κ3) is 2.14. The highest BCUT2D eigenvalue weighted by Crippen LogP contribution is 2.28. The largest absolute Gasteiger partial charge is 0.366 e. The van der Waals surface area contributed by atoms with Crippen LogP contribution in [0.25, 0.3) is 10.9 Å². The minimum atomic E-state index is -0.443. The van der Waals surface area contributed by atoms with Gasteiger partial charge in [-0.3, -0.25) is 14.9 Å². The molecule has 0 atom stereocenters. The summed E-state index contributed by atoms with van der Waals surface area (Å²) in [6.07, 6.45) is 1.64. The standard InChI is InChI=1S/C12H9ClN6O/c13-7-3-4-8(6-2-1-5-15-9(6)7)16-11(20)10-17-12(14)19-18-10/h1-5H,(H,16,20)(H3,14,17,18,19). The zero-order valence-corrected chi connectivity index (χ0v) is 10.8. The molecule has 0 unspecified atom stereocenters. The normalized spacial score (nSPS) is 10.7. The number of halogens is 1. The number of anilines is 2. The molecular weight excluding hydrogens is 280 g/mol. The molecule has 0 aliphatic carbocycles. The molecule has 2 heterocycles. The Morgan fingerprint density at radius 1 is 1.35 bits per heavy atom. The first kappa shape index (κ1) is 12.4. The van der Waals surface area contributed by atoms with Crippen LogP contribution in [0, 0.1) is 0 Å². The van der Waals surface area contributed by atoms with Crippen molar-refractivity contribution in [1.29, 1.82) is 0 Å². The highest BCUT2D eigenvalue weighted by molar-refractivity contribution is 6.35. The molecule has 0 radical (unpaired) electrons. The van der Waals surface area contributed by atoms with Crippen molar-refractivity contribution in [2.75, 3.05) is 11.1 Å². The van der Waals surface area contributed by atoms with Crippen molar-refractivity contribution < 1.29 is 4.79 Å². The van der Waals surface area contributed by atoms with Gasteiger partial charge >= 0.3 is 0 Å². The molecule has 0 aliphatic rings. The Balaban J connectivity index is 1.99. The Kier molecular flexibility index (Phi) is 2.96. The summed E-state index contributed by atoms with van der Waals surface area (Å²) in [6.45, 7) is 0. The van der Waals surface area contributed by atoms with Crippen molar-refractivity contribution in [2.24, 2.45) is 0 Å². The number of carbonyl (C=O) groups excluding carboxylic acids is 1. The van der Waals surface area contributed by atoms with Crippen LogP contribution < -0.4 is 11.1 Å². The molecule has 1 amide bonds. The summed E-state index contributed by atoms with van der Waals surface area (Å²) < 4.78 is 0. The Hall–Kier alpha value is -2.67. The number of hydrogen-bond acceptors (Lipinski definition) is 5. The summed E-state index contributed by atoms with van der Waals surface area (Å²) in [7, 11) is 0. The molecule has 0 aliphatic heterocycles. The molecule has 0 bridgehead atoms. The van der Waals surface area contributed by atoms with Crippen LogP contribution in [0.4, 0.5) is 11.6 Å². The van der Waals surface area contributed by atoms with E-state index in [0.717, 1.165) is 5.39 Å². The number of nitrogens with two attached hydrogens (primary N) is 1. The number of amides is 1. The van der Waals surface area contributed by atoms with Gasteiger partial charge in [0.2, 0.25) is 11.8 Å². The van der Waals surface area contributed by atoms with Gasteiger partial charge in [-0.1, -0.05) is 11.6 Å². The summed E-state index contributed by atoms with van der Waals surface area (Å²) in [5.41, 5.74) is 6.56. The Morgan fingerprint density at radius 3 is 2.95 bits per heavy atom. The monoisotopic (exact) mass is 288 g/mol. The third-order valence-electron chi connectivity index (χ3n) is 2.69. The van der Waals surface area contributed by atoms with E-state index in [4.69, 9.17) is 17.3 Å². The van der Waals surface area contributed by atoms with Crippen molar-refractivity contribution in [2.45, 2.75) is 0 Å². The van der Waals surface area contributed by atoms with Gasteiger partial charge in [0, 0.05) is 11.6 Å². The molecule has 0 saturated heterocycles. The highest BCUT2D eigenvalue weighted by Gasteiger charge is 2.13. The van der Waals surface area contributed by atoms with E-state index >= 15 is 0 Å². The smallest absolute Gasteiger partial charge is 0.293 e. The summed E-state index contributed by atoms with van der Waals surface area (Å²) in [5, 5.41) is 10.0. The second kappa shape index (κ2) is 4.78. The topological polar surface area (TPSA) is 110 Å². The predicted molar refractivity (Wildman–Crippen MR) is 75.5 cm³/mol. The Bertz CT molecular complexity index is 799. The molecule has 20 heavy (non-hydrogen) atoms. The van der Waals surface area contributed by atoms with Crippen LogP contribution in [0.5, 0.6) is 0 Å². The molecule has 100 valence electrons. The van der Waals surface area contributed by atoms with Gasteiger partial charge in [0.25, 0.3) is 5.91 Å². The fourth-order valence-electron chi connectivity index (χ4n) is 1.81. The average molecular weight is 289 g/mol. The number of nitrogen functional groups attached to an aromatic ring is 1. The van der Waals surface area contributed by atoms with Gasteiger partial charge in [0.1, 0.15) is 0 Å². The first-order valence-corrected chi connectivity index (χ1v) is 6.05. The van der Waals surface area contributed by atoms with Crippen LogP contribution >= 0.6 is 11.6 Å². The van der Waals surface area contributed by atoms with Crippen molar-refractivity contribution in [3.05, 3.63) is 41.3 Å². The summed E-state index contributed by atoms with van der Waals surface area (Å²) in [5.74, 6) is -0.394. The lowest BCUT2D eigenvalue weighted by atomic mass is 10.2. The first-order valence-electron chi connectivity index (χ1n) is 5.67. The number of fused-ring (bicyclic) bond motifs is 1. The van der Waals surface area contributed by atoms with E-state index in [2.05, 4.69) is 25.5 Å². The number of benzene rings is 1. The van der Waals surface area contributed by atoms with Gasteiger partial charge in [-0.25, -0.2) is 0 Å². The SMILES string of the molecule is Nc1n[nH]c(C(=O)Nc2ccc(Cl)c3ncccc23)n1. The van der Waals surface area contributed by atoms with Crippen LogP contribution in [-0.4, -0.2) is 26.1 Å². The molecule has 0 fully saturated rings. The molecule has 0 saturated carbocycles.